The highest BCUT2D eigenvalue weighted by Gasteiger charge is 2.13. The number of carbonyl (C=O) groups excluding carboxylic acids is 1. The number of rotatable bonds is 4. The first-order valence-electron chi connectivity index (χ1n) is 7.68. The number of hydrogen-bond donors (Lipinski definition) is 1. The van der Waals surface area contributed by atoms with Crippen molar-refractivity contribution in [3.63, 3.8) is 0 Å². The van der Waals surface area contributed by atoms with Crippen LogP contribution < -0.4 is 10.2 Å². The fourth-order valence-corrected chi connectivity index (χ4v) is 2.51. The van der Waals surface area contributed by atoms with Gasteiger partial charge < -0.3 is 15.0 Å². The van der Waals surface area contributed by atoms with Crippen molar-refractivity contribution < 1.29 is 9.53 Å². The fourth-order valence-electron chi connectivity index (χ4n) is 2.51. The predicted octanol–water partition coefficient (Wildman–Crippen LogP) is 2.57. The molecule has 1 saturated heterocycles. The van der Waals surface area contributed by atoms with Crippen LogP contribution in [0.15, 0.2) is 30.5 Å². The Morgan fingerprint density at radius 3 is 2.65 bits per heavy atom. The van der Waals surface area contributed by atoms with Crippen LogP contribution in [0.4, 0.5) is 17.3 Å². The molecule has 0 spiro atoms. The summed E-state index contributed by atoms with van der Waals surface area (Å²) in [4.78, 5) is 22.8. The molecule has 0 aromatic carbocycles. The second-order valence-corrected chi connectivity index (χ2v) is 5.53. The van der Waals surface area contributed by atoms with E-state index >= 15 is 0 Å². The lowest BCUT2D eigenvalue weighted by molar-refractivity contribution is 0.101. The minimum Gasteiger partial charge on any atom is -0.378 e. The van der Waals surface area contributed by atoms with E-state index in [9.17, 15) is 4.79 Å². The summed E-state index contributed by atoms with van der Waals surface area (Å²) in [6.07, 6.45) is 1.76. The molecule has 3 heterocycles. The topological polar surface area (TPSA) is 67.4 Å². The number of anilines is 3. The van der Waals surface area contributed by atoms with Gasteiger partial charge >= 0.3 is 0 Å². The number of aromatic nitrogens is 2. The Labute approximate surface area is 135 Å². The van der Waals surface area contributed by atoms with Crippen molar-refractivity contribution in [3.05, 3.63) is 41.7 Å². The first-order valence-corrected chi connectivity index (χ1v) is 7.68. The van der Waals surface area contributed by atoms with Gasteiger partial charge in [-0.2, -0.15) is 0 Å². The molecule has 6 heteroatoms. The first-order chi connectivity index (χ1) is 11.1. The summed E-state index contributed by atoms with van der Waals surface area (Å²) in [7, 11) is 0. The second kappa shape index (κ2) is 6.75. The zero-order valence-corrected chi connectivity index (χ0v) is 13.4. The molecule has 2 aromatic rings. The van der Waals surface area contributed by atoms with Gasteiger partial charge in [0, 0.05) is 18.8 Å². The maximum Gasteiger partial charge on any atom is 0.163 e. The van der Waals surface area contributed by atoms with Crippen LogP contribution in [0.5, 0.6) is 0 Å². The Bertz CT molecular complexity index is 694. The van der Waals surface area contributed by atoms with E-state index in [4.69, 9.17) is 4.74 Å². The van der Waals surface area contributed by atoms with Crippen molar-refractivity contribution in [2.75, 3.05) is 36.5 Å². The molecule has 2 aromatic heterocycles. The number of hydrogen-bond acceptors (Lipinski definition) is 6. The molecule has 1 N–H and O–H groups in total. The van der Waals surface area contributed by atoms with Crippen LogP contribution in [0.2, 0.25) is 0 Å². The average Bonchev–Trinajstić information content (AvgIpc) is 2.56. The number of pyridine rings is 2. The summed E-state index contributed by atoms with van der Waals surface area (Å²) in [5, 5.41) is 3.19. The summed E-state index contributed by atoms with van der Waals surface area (Å²) in [5.41, 5.74) is 2.24. The van der Waals surface area contributed by atoms with Gasteiger partial charge in [0.05, 0.1) is 30.7 Å². The van der Waals surface area contributed by atoms with Crippen LogP contribution in [0, 0.1) is 6.92 Å². The fraction of sp³-hybridized carbons (Fsp3) is 0.353. The van der Waals surface area contributed by atoms with E-state index in [-0.39, 0.29) is 5.78 Å². The van der Waals surface area contributed by atoms with Crippen LogP contribution in [-0.2, 0) is 4.74 Å². The molecule has 1 aliphatic heterocycles. The van der Waals surface area contributed by atoms with E-state index < -0.39 is 0 Å². The summed E-state index contributed by atoms with van der Waals surface area (Å²) in [6.45, 7) is 6.61. The Balaban J connectivity index is 1.78. The number of Topliss-reactive ketones (excluding diaryl/α,β-unsaturated/α-hetero) is 1. The van der Waals surface area contributed by atoms with Gasteiger partial charge in [-0.1, -0.05) is 0 Å². The van der Waals surface area contributed by atoms with Crippen molar-refractivity contribution in [2.24, 2.45) is 0 Å². The third-order valence-corrected chi connectivity index (χ3v) is 3.76. The maximum absolute atomic E-state index is 11.7. The van der Waals surface area contributed by atoms with E-state index in [1.807, 2.05) is 25.1 Å². The van der Waals surface area contributed by atoms with Crippen molar-refractivity contribution in [3.8, 4) is 0 Å². The number of aryl methyl sites for hydroxylation is 1. The van der Waals surface area contributed by atoms with Gasteiger partial charge in [-0.05, 0) is 38.1 Å². The number of nitrogens with one attached hydrogen (secondary N) is 1. The van der Waals surface area contributed by atoms with Gasteiger partial charge in [0.15, 0.2) is 5.78 Å². The van der Waals surface area contributed by atoms with Crippen LogP contribution in [0.3, 0.4) is 0 Å². The minimum atomic E-state index is -0.0158. The highest BCUT2D eigenvalue weighted by Crippen LogP contribution is 2.21. The normalized spacial score (nSPS) is 14.6. The van der Waals surface area contributed by atoms with E-state index in [2.05, 4.69) is 20.2 Å². The van der Waals surface area contributed by atoms with Gasteiger partial charge in [0.2, 0.25) is 0 Å². The molecule has 0 unspecified atom stereocenters. The maximum atomic E-state index is 11.7. The van der Waals surface area contributed by atoms with E-state index in [1.54, 1.807) is 12.3 Å². The van der Waals surface area contributed by atoms with Crippen molar-refractivity contribution in [2.45, 2.75) is 13.8 Å². The predicted molar refractivity (Wildman–Crippen MR) is 89.5 cm³/mol. The Morgan fingerprint density at radius 1 is 1.22 bits per heavy atom. The molecule has 120 valence electrons. The largest absolute Gasteiger partial charge is 0.378 e. The Kier molecular flexibility index (Phi) is 4.52. The standard InChI is InChI=1S/C17H20N4O2/c1-12-3-5-15(13(2)22)17(19-12)20-14-4-6-16(18-11-14)21-7-9-23-10-8-21/h3-6,11H,7-10H2,1-2H3,(H,19,20). The molecule has 0 atom stereocenters. The minimum absolute atomic E-state index is 0.0158. The lowest BCUT2D eigenvalue weighted by atomic mass is 10.1. The van der Waals surface area contributed by atoms with Gasteiger partial charge in [-0.3, -0.25) is 4.79 Å². The molecule has 0 amide bonds. The lowest BCUT2D eigenvalue weighted by Gasteiger charge is -2.27. The summed E-state index contributed by atoms with van der Waals surface area (Å²) < 4.78 is 5.35. The van der Waals surface area contributed by atoms with Crippen LogP contribution in [0.25, 0.3) is 0 Å². The second-order valence-electron chi connectivity index (χ2n) is 5.53. The number of ketones is 1. The van der Waals surface area contributed by atoms with Gasteiger partial charge in [-0.15, -0.1) is 0 Å². The number of ether oxygens (including phenoxy) is 1. The Hall–Kier alpha value is -2.47. The summed E-state index contributed by atoms with van der Waals surface area (Å²) >= 11 is 0. The van der Waals surface area contributed by atoms with Gasteiger partial charge in [-0.25, -0.2) is 9.97 Å². The van der Waals surface area contributed by atoms with Gasteiger partial charge in [0.25, 0.3) is 0 Å². The molecule has 0 aliphatic carbocycles. The third kappa shape index (κ3) is 3.65. The lowest BCUT2D eigenvalue weighted by Crippen LogP contribution is -2.36. The van der Waals surface area contributed by atoms with Crippen molar-refractivity contribution >= 4 is 23.1 Å². The van der Waals surface area contributed by atoms with Crippen LogP contribution in [-0.4, -0.2) is 42.1 Å². The molecule has 0 radical (unpaired) electrons. The number of nitrogens with zero attached hydrogens (tertiary/aromatic N) is 3. The molecule has 1 aliphatic rings. The van der Waals surface area contributed by atoms with Gasteiger partial charge in [0.1, 0.15) is 11.6 Å². The first kappa shape index (κ1) is 15.4. The zero-order valence-electron chi connectivity index (χ0n) is 13.4. The zero-order chi connectivity index (χ0) is 16.2. The smallest absolute Gasteiger partial charge is 0.163 e. The van der Waals surface area contributed by atoms with Crippen LogP contribution in [0.1, 0.15) is 23.0 Å². The molecular formula is C17H20N4O2. The van der Waals surface area contributed by atoms with Crippen LogP contribution >= 0.6 is 0 Å². The average molecular weight is 312 g/mol. The highest BCUT2D eigenvalue weighted by molar-refractivity contribution is 5.99. The SMILES string of the molecule is CC(=O)c1ccc(C)nc1Nc1ccc(N2CCOCC2)nc1. The number of carbonyl (C=O) groups is 1. The molecule has 6 nitrogen and oxygen atoms in total. The van der Waals surface area contributed by atoms with E-state index in [0.29, 0.717) is 11.4 Å². The van der Waals surface area contributed by atoms with Crippen molar-refractivity contribution in [1.29, 1.82) is 0 Å². The molecule has 1 fully saturated rings. The quantitative estimate of drug-likeness (QED) is 0.875. The molecule has 0 saturated carbocycles. The van der Waals surface area contributed by atoms with E-state index in [0.717, 1.165) is 43.5 Å². The molecular weight excluding hydrogens is 292 g/mol. The highest BCUT2D eigenvalue weighted by atomic mass is 16.5. The molecule has 0 bridgehead atoms. The Morgan fingerprint density at radius 2 is 2.00 bits per heavy atom. The van der Waals surface area contributed by atoms with Crippen molar-refractivity contribution in [1.82, 2.24) is 9.97 Å². The third-order valence-electron chi connectivity index (χ3n) is 3.76. The monoisotopic (exact) mass is 312 g/mol. The summed E-state index contributed by atoms with van der Waals surface area (Å²) in [6, 6.07) is 7.55. The van der Waals surface area contributed by atoms with E-state index in [1.165, 1.54) is 6.92 Å². The summed E-state index contributed by atoms with van der Waals surface area (Å²) in [5.74, 6) is 1.49. The molecule has 23 heavy (non-hydrogen) atoms. The molecule has 3 rings (SSSR count). The number of morpholine rings is 1.